The van der Waals surface area contributed by atoms with Crippen LogP contribution < -0.4 is 5.32 Å². The van der Waals surface area contributed by atoms with Gasteiger partial charge >= 0.3 is 0 Å². The average molecular weight is 375 g/mol. The van der Waals surface area contributed by atoms with Crippen LogP contribution in [0.15, 0.2) is 42.7 Å². The highest BCUT2D eigenvalue weighted by Crippen LogP contribution is 2.22. The van der Waals surface area contributed by atoms with Crippen molar-refractivity contribution in [3.63, 3.8) is 0 Å². The fourth-order valence-corrected chi connectivity index (χ4v) is 3.46. The molecule has 0 aliphatic heterocycles. The second-order valence-corrected chi connectivity index (χ2v) is 8.08. The van der Waals surface area contributed by atoms with Gasteiger partial charge in [0.2, 0.25) is 15.9 Å². The minimum Gasteiger partial charge on any atom is -0.324 e. The zero-order valence-electron chi connectivity index (χ0n) is 15.4. The number of benzene rings is 1. The van der Waals surface area contributed by atoms with Crippen molar-refractivity contribution in [3.8, 4) is 0 Å². The van der Waals surface area contributed by atoms with Crippen molar-refractivity contribution >= 4 is 21.6 Å². The predicted molar refractivity (Wildman–Crippen MR) is 103 cm³/mol. The summed E-state index contributed by atoms with van der Waals surface area (Å²) in [5.41, 5.74) is 3.60. The SMILES string of the molecule is CCc1cccc(CC)c1NC(=O)CN(Cc1cccnc1)S(C)(=O)=O. The molecule has 0 radical (unpaired) electrons. The zero-order valence-corrected chi connectivity index (χ0v) is 16.2. The maximum atomic E-state index is 12.6. The van der Waals surface area contributed by atoms with Gasteiger partial charge in [-0.25, -0.2) is 8.42 Å². The third-order valence-electron chi connectivity index (χ3n) is 4.13. The molecule has 0 fully saturated rings. The Morgan fingerprint density at radius 1 is 1.12 bits per heavy atom. The molecule has 0 atom stereocenters. The number of hydrogen-bond donors (Lipinski definition) is 1. The number of hydrogen-bond acceptors (Lipinski definition) is 4. The van der Waals surface area contributed by atoms with Gasteiger partial charge in [0.1, 0.15) is 0 Å². The Morgan fingerprint density at radius 3 is 2.27 bits per heavy atom. The number of nitrogens with one attached hydrogen (secondary N) is 1. The van der Waals surface area contributed by atoms with Gasteiger partial charge in [0.25, 0.3) is 0 Å². The molecule has 7 heteroatoms. The van der Waals surface area contributed by atoms with Gasteiger partial charge in [-0.1, -0.05) is 38.1 Å². The number of amides is 1. The van der Waals surface area contributed by atoms with Gasteiger partial charge < -0.3 is 5.32 Å². The first-order chi connectivity index (χ1) is 12.3. The Labute approximate surface area is 155 Å². The van der Waals surface area contributed by atoms with Crippen molar-refractivity contribution in [2.24, 2.45) is 0 Å². The van der Waals surface area contributed by atoms with Crippen LogP contribution in [0.1, 0.15) is 30.5 Å². The van der Waals surface area contributed by atoms with Gasteiger partial charge in [-0.2, -0.15) is 4.31 Å². The molecule has 0 saturated carbocycles. The van der Waals surface area contributed by atoms with Gasteiger partial charge in [-0.05, 0) is 35.6 Å². The first-order valence-corrected chi connectivity index (χ1v) is 10.4. The van der Waals surface area contributed by atoms with Crippen LogP contribution in [0.5, 0.6) is 0 Å². The first-order valence-electron chi connectivity index (χ1n) is 8.59. The van der Waals surface area contributed by atoms with Gasteiger partial charge in [0.05, 0.1) is 12.8 Å². The monoisotopic (exact) mass is 375 g/mol. The third-order valence-corrected chi connectivity index (χ3v) is 5.33. The van der Waals surface area contributed by atoms with Crippen molar-refractivity contribution in [3.05, 3.63) is 59.4 Å². The van der Waals surface area contributed by atoms with E-state index in [2.05, 4.69) is 10.3 Å². The molecular formula is C19H25N3O3S. The van der Waals surface area contributed by atoms with Crippen LogP contribution in [0.3, 0.4) is 0 Å². The van der Waals surface area contributed by atoms with Gasteiger partial charge in [0, 0.05) is 24.6 Å². The number of rotatable bonds is 8. The molecular weight excluding hydrogens is 350 g/mol. The molecule has 1 N–H and O–H groups in total. The molecule has 0 aliphatic carbocycles. The lowest BCUT2D eigenvalue weighted by molar-refractivity contribution is -0.116. The molecule has 0 saturated heterocycles. The van der Waals surface area contributed by atoms with Crippen LogP contribution in [-0.4, -0.2) is 36.4 Å². The van der Waals surface area contributed by atoms with E-state index in [1.807, 2.05) is 32.0 Å². The van der Waals surface area contributed by atoms with Crippen LogP contribution in [0.25, 0.3) is 0 Å². The highest BCUT2D eigenvalue weighted by atomic mass is 32.2. The number of para-hydroxylation sites is 1. The summed E-state index contributed by atoms with van der Waals surface area (Å²) < 4.78 is 25.3. The molecule has 2 rings (SSSR count). The molecule has 2 aromatic rings. The third kappa shape index (κ3) is 5.37. The average Bonchev–Trinajstić information content (AvgIpc) is 2.61. The second kappa shape index (κ2) is 8.91. The van der Waals surface area contributed by atoms with E-state index in [0.717, 1.165) is 45.8 Å². The number of nitrogens with zero attached hydrogens (tertiary/aromatic N) is 2. The lowest BCUT2D eigenvalue weighted by atomic mass is 10.0. The lowest BCUT2D eigenvalue weighted by Crippen LogP contribution is -2.37. The number of anilines is 1. The van der Waals surface area contributed by atoms with E-state index >= 15 is 0 Å². The Kier molecular flexibility index (Phi) is 6.88. The summed E-state index contributed by atoms with van der Waals surface area (Å²) >= 11 is 0. The van der Waals surface area contributed by atoms with Crippen molar-refractivity contribution in [1.29, 1.82) is 0 Å². The first kappa shape index (κ1) is 20.1. The fraction of sp³-hybridized carbons (Fsp3) is 0.368. The molecule has 1 aromatic carbocycles. The number of pyridine rings is 1. The smallest absolute Gasteiger partial charge is 0.239 e. The zero-order chi connectivity index (χ0) is 19.2. The number of carbonyl (C=O) groups excluding carboxylic acids is 1. The van der Waals surface area contributed by atoms with Crippen molar-refractivity contribution in [1.82, 2.24) is 9.29 Å². The molecule has 0 spiro atoms. The normalized spacial score (nSPS) is 11.5. The number of aryl methyl sites for hydroxylation is 2. The summed E-state index contributed by atoms with van der Waals surface area (Å²) in [4.78, 5) is 16.6. The van der Waals surface area contributed by atoms with Crippen LogP contribution in [0.2, 0.25) is 0 Å². The lowest BCUT2D eigenvalue weighted by Gasteiger charge is -2.21. The largest absolute Gasteiger partial charge is 0.324 e. The van der Waals surface area contributed by atoms with Gasteiger partial charge in [0.15, 0.2) is 0 Å². The molecule has 140 valence electrons. The van der Waals surface area contributed by atoms with Crippen LogP contribution in [0.4, 0.5) is 5.69 Å². The molecule has 0 unspecified atom stereocenters. The Balaban J connectivity index is 2.18. The van der Waals surface area contributed by atoms with Gasteiger partial charge in [-0.15, -0.1) is 0 Å². The highest BCUT2D eigenvalue weighted by molar-refractivity contribution is 7.88. The molecule has 0 bridgehead atoms. The number of sulfonamides is 1. The van der Waals surface area contributed by atoms with Crippen molar-refractivity contribution in [2.45, 2.75) is 33.2 Å². The summed E-state index contributed by atoms with van der Waals surface area (Å²) in [5, 5.41) is 2.91. The molecule has 1 amide bonds. The Morgan fingerprint density at radius 2 is 1.77 bits per heavy atom. The minimum absolute atomic E-state index is 0.107. The summed E-state index contributed by atoms with van der Waals surface area (Å²) in [6.45, 7) is 3.91. The molecule has 1 aromatic heterocycles. The van der Waals surface area contributed by atoms with E-state index in [0.29, 0.717) is 0 Å². The molecule has 26 heavy (non-hydrogen) atoms. The van der Waals surface area contributed by atoms with E-state index in [-0.39, 0.29) is 19.0 Å². The molecule has 1 heterocycles. The summed E-state index contributed by atoms with van der Waals surface area (Å²) in [6.07, 6.45) is 5.89. The number of aromatic nitrogens is 1. The maximum Gasteiger partial charge on any atom is 0.239 e. The maximum absolute atomic E-state index is 12.6. The highest BCUT2D eigenvalue weighted by Gasteiger charge is 2.21. The van der Waals surface area contributed by atoms with E-state index in [9.17, 15) is 13.2 Å². The quantitative estimate of drug-likeness (QED) is 0.769. The predicted octanol–water partition coefficient (Wildman–Crippen LogP) is 2.61. The van der Waals surface area contributed by atoms with Crippen LogP contribution in [-0.2, 0) is 34.2 Å². The van der Waals surface area contributed by atoms with E-state index < -0.39 is 10.0 Å². The fourth-order valence-electron chi connectivity index (χ4n) is 2.73. The summed E-state index contributed by atoms with van der Waals surface area (Å²) in [7, 11) is -3.54. The Bertz CT molecular complexity index is 829. The number of carbonyl (C=O) groups is 1. The van der Waals surface area contributed by atoms with Gasteiger partial charge in [-0.3, -0.25) is 9.78 Å². The van der Waals surface area contributed by atoms with Crippen LogP contribution in [0, 0.1) is 0 Å². The van der Waals surface area contributed by atoms with E-state index in [4.69, 9.17) is 0 Å². The van der Waals surface area contributed by atoms with Crippen LogP contribution >= 0.6 is 0 Å². The molecule has 0 aliphatic rings. The van der Waals surface area contributed by atoms with Crippen molar-refractivity contribution < 1.29 is 13.2 Å². The topological polar surface area (TPSA) is 79.4 Å². The molecule has 6 nitrogen and oxygen atoms in total. The van der Waals surface area contributed by atoms with E-state index in [1.165, 1.54) is 0 Å². The summed E-state index contributed by atoms with van der Waals surface area (Å²) in [5.74, 6) is -0.352. The van der Waals surface area contributed by atoms with E-state index in [1.54, 1.807) is 24.5 Å². The van der Waals surface area contributed by atoms with Crippen molar-refractivity contribution in [2.75, 3.05) is 18.1 Å². The summed E-state index contributed by atoms with van der Waals surface area (Å²) in [6, 6.07) is 9.43. The standard InChI is InChI=1S/C19H25N3O3S/c1-4-16-9-6-10-17(5-2)19(16)21-18(23)14-22(26(3,24)25)13-15-8-7-11-20-12-15/h6-12H,4-5,13-14H2,1-3H3,(H,21,23). The second-order valence-electron chi connectivity index (χ2n) is 6.10. The Hall–Kier alpha value is -2.25. The minimum atomic E-state index is -3.54.